The molecule has 0 N–H and O–H groups in total. The molecule has 0 aromatic rings. The first-order chi connectivity index (χ1) is 13.0. The summed E-state index contributed by atoms with van der Waals surface area (Å²) in [5.41, 5.74) is 1.84. The van der Waals surface area contributed by atoms with E-state index in [1.807, 2.05) is 0 Å². The van der Waals surface area contributed by atoms with Crippen LogP contribution in [-0.4, -0.2) is 55.6 Å². The molecule has 2 aliphatic carbocycles. The van der Waals surface area contributed by atoms with Crippen LogP contribution in [0.5, 0.6) is 0 Å². The van der Waals surface area contributed by atoms with Crippen LogP contribution in [0.15, 0.2) is 11.6 Å². The Bertz CT molecular complexity index is 630. The third kappa shape index (κ3) is 3.06. The minimum atomic E-state index is -0.346. The molecule has 1 spiro atoms. The van der Waals surface area contributed by atoms with Gasteiger partial charge in [-0.2, -0.15) is 0 Å². The summed E-state index contributed by atoms with van der Waals surface area (Å²) in [5, 5.41) is 0. The number of piperidine rings is 1. The van der Waals surface area contributed by atoms with Crippen LogP contribution in [0, 0.1) is 23.2 Å². The second-order valence-electron chi connectivity index (χ2n) is 9.75. The Morgan fingerprint density at radius 3 is 2.67 bits per heavy atom. The lowest BCUT2D eigenvalue weighted by molar-refractivity contribution is -0.186. The van der Waals surface area contributed by atoms with Crippen LogP contribution in [0.25, 0.3) is 0 Å². The van der Waals surface area contributed by atoms with Gasteiger partial charge in [-0.05, 0) is 30.6 Å². The summed E-state index contributed by atoms with van der Waals surface area (Å²) in [7, 11) is 0. The molecule has 5 nitrogen and oxygen atoms in total. The van der Waals surface area contributed by atoms with E-state index in [0.29, 0.717) is 19.1 Å². The maximum absolute atomic E-state index is 12.7. The normalized spacial score (nSPS) is 43.9. The first-order valence-corrected chi connectivity index (χ1v) is 10.9. The highest BCUT2D eigenvalue weighted by molar-refractivity contribution is 5.76. The molecule has 3 saturated heterocycles. The Kier molecular flexibility index (Phi) is 4.41. The first-order valence-electron chi connectivity index (χ1n) is 10.9. The van der Waals surface area contributed by atoms with Crippen molar-refractivity contribution in [2.75, 3.05) is 32.8 Å². The lowest BCUT2D eigenvalue weighted by atomic mass is 9.59. The fourth-order valence-electron chi connectivity index (χ4n) is 6.40. The zero-order chi connectivity index (χ0) is 18.6. The number of carbonyl (C=O) groups excluding carboxylic acids is 1. The molecule has 150 valence electrons. The second-order valence-corrected chi connectivity index (χ2v) is 9.75. The van der Waals surface area contributed by atoms with Gasteiger partial charge in [-0.15, -0.1) is 0 Å². The molecule has 3 aliphatic heterocycles. The van der Waals surface area contributed by atoms with E-state index in [-0.39, 0.29) is 35.1 Å². The molecule has 5 atom stereocenters. The fraction of sp³-hybridized carbons (Fsp3) is 0.864. The van der Waals surface area contributed by atoms with E-state index < -0.39 is 0 Å². The minimum Gasteiger partial charge on any atom is -0.461 e. The van der Waals surface area contributed by atoms with Gasteiger partial charge in [0.05, 0.1) is 19.1 Å². The molecule has 5 aliphatic rings. The molecule has 0 aromatic heterocycles. The predicted octanol–water partition coefficient (Wildman–Crippen LogP) is 3.14. The molecule has 0 aromatic carbocycles. The van der Waals surface area contributed by atoms with Crippen LogP contribution in [-0.2, 0) is 19.0 Å². The lowest BCUT2D eigenvalue weighted by Crippen LogP contribution is -2.47. The second kappa shape index (κ2) is 6.57. The van der Waals surface area contributed by atoms with Gasteiger partial charge in [0.1, 0.15) is 6.10 Å². The molecular weight excluding hydrogens is 342 g/mol. The van der Waals surface area contributed by atoms with E-state index in [9.17, 15) is 4.79 Å². The number of likely N-dealkylation sites (tertiary alicyclic amines) is 1. The molecule has 5 heteroatoms. The maximum atomic E-state index is 12.7. The number of hydrogen-bond donors (Lipinski definition) is 0. The zero-order valence-corrected chi connectivity index (χ0v) is 16.7. The zero-order valence-electron chi connectivity index (χ0n) is 16.7. The van der Waals surface area contributed by atoms with Crippen LogP contribution in [0.4, 0.5) is 0 Å². The number of hydrogen-bond acceptors (Lipinski definition) is 5. The Labute approximate surface area is 162 Å². The molecular formula is C22H33NO4. The topological polar surface area (TPSA) is 48.0 Å². The van der Waals surface area contributed by atoms with Crippen LogP contribution in [0.2, 0.25) is 0 Å². The van der Waals surface area contributed by atoms with E-state index in [4.69, 9.17) is 14.2 Å². The van der Waals surface area contributed by atoms with Crippen molar-refractivity contribution in [3.63, 3.8) is 0 Å². The highest BCUT2D eigenvalue weighted by Gasteiger charge is 2.52. The lowest BCUT2D eigenvalue weighted by Gasteiger charge is -2.46. The Balaban J connectivity index is 1.30. The third-order valence-corrected chi connectivity index (χ3v) is 7.97. The minimum absolute atomic E-state index is 0.0133. The summed E-state index contributed by atoms with van der Waals surface area (Å²) in [5.74, 6) is 0.566. The average molecular weight is 376 g/mol. The molecule has 0 amide bonds. The van der Waals surface area contributed by atoms with Crippen LogP contribution in [0.3, 0.4) is 0 Å². The van der Waals surface area contributed by atoms with Gasteiger partial charge in [0, 0.05) is 38.4 Å². The molecule has 3 heterocycles. The predicted molar refractivity (Wildman–Crippen MR) is 101 cm³/mol. The molecule has 1 saturated carbocycles. The summed E-state index contributed by atoms with van der Waals surface area (Å²) in [6, 6.07) is 0. The summed E-state index contributed by atoms with van der Waals surface area (Å²) < 4.78 is 17.6. The number of nitrogens with zero attached hydrogens (tertiary/aromatic N) is 1. The SMILES string of the molecule is C[C@H]1CCC[C@]2(C)C[C@H]3OC(=O)C(CN4CCC5(CC4)OCCO5)[C@H]3C=C12. The highest BCUT2D eigenvalue weighted by Crippen LogP contribution is 2.54. The number of ether oxygens (including phenoxy) is 3. The Hall–Kier alpha value is -0.910. The van der Waals surface area contributed by atoms with E-state index in [1.165, 1.54) is 19.3 Å². The van der Waals surface area contributed by atoms with Crippen molar-refractivity contribution in [2.24, 2.45) is 23.2 Å². The highest BCUT2D eigenvalue weighted by atomic mass is 16.7. The van der Waals surface area contributed by atoms with Crippen molar-refractivity contribution in [3.05, 3.63) is 11.6 Å². The van der Waals surface area contributed by atoms with Gasteiger partial charge in [-0.25, -0.2) is 0 Å². The van der Waals surface area contributed by atoms with E-state index in [1.54, 1.807) is 5.57 Å². The molecule has 27 heavy (non-hydrogen) atoms. The van der Waals surface area contributed by atoms with Crippen molar-refractivity contribution in [3.8, 4) is 0 Å². The van der Waals surface area contributed by atoms with E-state index >= 15 is 0 Å². The van der Waals surface area contributed by atoms with Gasteiger partial charge in [0.25, 0.3) is 0 Å². The van der Waals surface area contributed by atoms with Gasteiger partial charge >= 0.3 is 5.97 Å². The quantitative estimate of drug-likeness (QED) is 0.548. The van der Waals surface area contributed by atoms with Gasteiger partial charge in [0.2, 0.25) is 0 Å². The Morgan fingerprint density at radius 1 is 1.19 bits per heavy atom. The largest absolute Gasteiger partial charge is 0.461 e. The smallest absolute Gasteiger partial charge is 0.311 e. The van der Waals surface area contributed by atoms with Crippen molar-refractivity contribution < 1.29 is 19.0 Å². The fourth-order valence-corrected chi connectivity index (χ4v) is 6.40. The number of carbonyl (C=O) groups is 1. The maximum Gasteiger partial charge on any atom is 0.311 e. The van der Waals surface area contributed by atoms with Gasteiger partial charge in [-0.1, -0.05) is 31.9 Å². The molecule has 5 rings (SSSR count). The van der Waals surface area contributed by atoms with E-state index in [2.05, 4.69) is 24.8 Å². The third-order valence-electron chi connectivity index (χ3n) is 7.97. The number of fused-ring (bicyclic) bond motifs is 2. The summed E-state index contributed by atoms with van der Waals surface area (Å²) in [6.45, 7) is 8.86. The van der Waals surface area contributed by atoms with Crippen LogP contribution >= 0.6 is 0 Å². The number of esters is 1. The summed E-state index contributed by atoms with van der Waals surface area (Å²) >= 11 is 0. The first kappa shape index (κ1) is 18.1. The summed E-state index contributed by atoms with van der Waals surface area (Å²) in [4.78, 5) is 15.1. The monoisotopic (exact) mass is 375 g/mol. The standard InChI is InChI=1S/C22H33NO4/c1-15-4-3-5-21(2)13-19-16(12-18(15)21)17(20(24)27-19)14-23-8-6-22(7-9-23)25-10-11-26-22/h12,15-17,19H,3-11,13-14H2,1-2H3/t15-,16+,17?,19+,21+/m0/s1. The molecule has 0 radical (unpaired) electrons. The van der Waals surface area contributed by atoms with Gasteiger partial charge in [0.15, 0.2) is 5.79 Å². The van der Waals surface area contributed by atoms with E-state index in [0.717, 1.165) is 38.9 Å². The number of rotatable bonds is 2. The Morgan fingerprint density at radius 2 is 1.93 bits per heavy atom. The molecule has 0 bridgehead atoms. The number of allylic oxidation sites excluding steroid dienone is 1. The van der Waals surface area contributed by atoms with Crippen molar-refractivity contribution >= 4 is 5.97 Å². The van der Waals surface area contributed by atoms with Crippen LogP contribution < -0.4 is 0 Å². The van der Waals surface area contributed by atoms with Crippen LogP contribution in [0.1, 0.15) is 52.4 Å². The average Bonchev–Trinajstić information content (AvgIpc) is 3.20. The van der Waals surface area contributed by atoms with Gasteiger partial charge in [-0.3, -0.25) is 4.79 Å². The molecule has 4 fully saturated rings. The van der Waals surface area contributed by atoms with Crippen molar-refractivity contribution in [1.82, 2.24) is 4.90 Å². The summed E-state index contributed by atoms with van der Waals surface area (Å²) in [6.07, 6.45) is 9.18. The van der Waals surface area contributed by atoms with Crippen molar-refractivity contribution in [1.29, 1.82) is 0 Å². The van der Waals surface area contributed by atoms with Gasteiger partial charge < -0.3 is 19.1 Å². The molecule has 1 unspecified atom stereocenters. The van der Waals surface area contributed by atoms with Crippen molar-refractivity contribution in [2.45, 2.75) is 64.3 Å².